The number of hydrogen-bond acceptors (Lipinski definition) is 5. The maximum atomic E-state index is 11.7. The molecule has 1 aliphatic heterocycles. The molecule has 0 saturated carbocycles. The van der Waals surface area contributed by atoms with Crippen LogP contribution >= 0.6 is 0 Å². The number of amides is 1. The summed E-state index contributed by atoms with van der Waals surface area (Å²) in [5.74, 6) is -0.743. The Labute approximate surface area is 109 Å². The fraction of sp³-hybridized carbons (Fsp3) is 0.300. The van der Waals surface area contributed by atoms with Crippen LogP contribution in [0, 0.1) is 15.5 Å². The van der Waals surface area contributed by atoms with E-state index in [-0.39, 0.29) is 5.70 Å². The zero-order valence-electron chi connectivity index (χ0n) is 9.86. The summed E-state index contributed by atoms with van der Waals surface area (Å²) in [4.78, 5) is 21.9. The van der Waals surface area contributed by atoms with Gasteiger partial charge in [-0.05, 0) is 0 Å². The monoisotopic (exact) mass is 285 g/mol. The Morgan fingerprint density at radius 2 is 2.11 bits per heavy atom. The van der Waals surface area contributed by atoms with Crippen molar-refractivity contribution in [2.45, 2.75) is 13.0 Å². The number of nitro groups is 1. The number of nitrogens with one attached hydrogen (secondary N) is 2. The first kappa shape index (κ1) is 13.4. The highest BCUT2D eigenvalue weighted by molar-refractivity contribution is 7.88. The van der Waals surface area contributed by atoms with E-state index >= 15 is 0 Å². The Bertz CT molecular complexity index is 634. The number of carbonyl (C=O) groups is 1. The molecule has 0 spiro atoms. The van der Waals surface area contributed by atoms with Crippen LogP contribution in [-0.4, -0.2) is 25.3 Å². The van der Waals surface area contributed by atoms with Crippen molar-refractivity contribution >= 4 is 16.1 Å². The molecule has 2 atom stereocenters. The minimum Gasteiger partial charge on any atom is -0.272 e. The van der Waals surface area contributed by atoms with Gasteiger partial charge in [0, 0.05) is 17.6 Å². The molecule has 102 valence electrons. The van der Waals surface area contributed by atoms with Crippen molar-refractivity contribution in [3.05, 3.63) is 46.2 Å². The van der Waals surface area contributed by atoms with Crippen LogP contribution in [0.2, 0.25) is 0 Å². The smallest absolute Gasteiger partial charge is 0.272 e. The molecule has 1 amide bonds. The molecule has 0 bridgehead atoms. The summed E-state index contributed by atoms with van der Waals surface area (Å²) in [5.41, 5.74) is -1.33. The summed E-state index contributed by atoms with van der Waals surface area (Å²) in [6.45, 7) is 1.54. The van der Waals surface area contributed by atoms with Crippen LogP contribution in [0.25, 0.3) is 0 Å². The van der Waals surface area contributed by atoms with Crippen LogP contribution in [0.3, 0.4) is 0 Å². The summed E-state index contributed by atoms with van der Waals surface area (Å²) >= 11 is 0. The highest BCUT2D eigenvalue weighted by Crippen LogP contribution is 2.31. The fourth-order valence-electron chi connectivity index (χ4n) is 1.96. The summed E-state index contributed by atoms with van der Waals surface area (Å²) in [5, 5.41) is 10.8. The highest BCUT2D eigenvalue weighted by Gasteiger charge is 2.45. The molecular formula is C10H11N3O5S. The second-order valence-corrected chi connectivity index (χ2v) is 5.88. The largest absolute Gasteiger partial charge is 0.302 e. The molecule has 1 heterocycles. The van der Waals surface area contributed by atoms with Crippen molar-refractivity contribution in [2.24, 2.45) is 5.41 Å². The van der Waals surface area contributed by atoms with Crippen molar-refractivity contribution in [1.29, 1.82) is 0 Å². The predicted molar refractivity (Wildman–Crippen MR) is 65.5 cm³/mol. The van der Waals surface area contributed by atoms with E-state index < -0.39 is 32.5 Å². The van der Waals surface area contributed by atoms with Crippen LogP contribution in [0.1, 0.15) is 6.92 Å². The third-order valence-corrected chi connectivity index (χ3v) is 3.91. The Balaban J connectivity index is 2.45. The normalized spacial score (nSPS) is 32.6. The van der Waals surface area contributed by atoms with Crippen molar-refractivity contribution in [3.8, 4) is 0 Å². The van der Waals surface area contributed by atoms with Gasteiger partial charge in [0.05, 0.1) is 4.92 Å². The zero-order valence-corrected chi connectivity index (χ0v) is 10.7. The van der Waals surface area contributed by atoms with Gasteiger partial charge in [0.15, 0.2) is 0 Å². The molecule has 2 rings (SSSR count). The average molecular weight is 285 g/mol. The lowest BCUT2D eigenvalue weighted by atomic mass is 9.81. The lowest BCUT2D eigenvalue weighted by molar-refractivity contribution is -0.419. The van der Waals surface area contributed by atoms with E-state index in [4.69, 9.17) is 0 Å². The van der Waals surface area contributed by atoms with Crippen LogP contribution in [0.5, 0.6) is 0 Å². The Morgan fingerprint density at radius 1 is 1.42 bits per heavy atom. The van der Waals surface area contributed by atoms with Crippen LogP contribution in [-0.2, 0) is 15.0 Å². The number of hydrogen-bond donors (Lipinski definition) is 2. The van der Waals surface area contributed by atoms with E-state index in [1.807, 2.05) is 0 Å². The fourth-order valence-corrected chi connectivity index (χ4v) is 3.08. The van der Waals surface area contributed by atoms with Crippen LogP contribution < -0.4 is 9.44 Å². The second-order valence-electron chi connectivity index (χ2n) is 4.43. The van der Waals surface area contributed by atoms with E-state index in [2.05, 4.69) is 4.72 Å². The summed E-state index contributed by atoms with van der Waals surface area (Å²) in [7, 11) is -3.88. The quantitative estimate of drug-likeness (QED) is 0.529. The molecular weight excluding hydrogens is 274 g/mol. The lowest BCUT2D eigenvalue weighted by Gasteiger charge is -2.25. The Morgan fingerprint density at radius 3 is 2.63 bits per heavy atom. The van der Waals surface area contributed by atoms with Crippen LogP contribution in [0.15, 0.2) is 36.1 Å². The SMILES string of the molecule is CC1(C2NS(=O)(=O)NC2=O)C=CC=CC([N+](=O)[O-])=C1. The van der Waals surface area contributed by atoms with Gasteiger partial charge in [0.1, 0.15) is 6.04 Å². The van der Waals surface area contributed by atoms with Crippen molar-refractivity contribution < 1.29 is 18.1 Å². The first-order valence-corrected chi connectivity index (χ1v) is 6.79. The topological polar surface area (TPSA) is 118 Å². The molecule has 2 unspecified atom stereocenters. The van der Waals surface area contributed by atoms with E-state index in [1.165, 1.54) is 37.3 Å². The van der Waals surface area contributed by atoms with E-state index in [0.29, 0.717) is 0 Å². The highest BCUT2D eigenvalue weighted by atomic mass is 32.2. The Hall–Kier alpha value is -2.00. The molecule has 0 aromatic rings. The third kappa shape index (κ3) is 2.56. The predicted octanol–water partition coefficient (Wildman–Crippen LogP) is -0.388. The summed E-state index contributed by atoms with van der Waals surface area (Å²) in [6.07, 6.45) is 7.07. The zero-order chi connectivity index (χ0) is 14.3. The molecule has 8 nitrogen and oxygen atoms in total. The number of allylic oxidation sites excluding steroid dienone is 3. The first-order valence-electron chi connectivity index (χ1n) is 5.31. The molecule has 0 aromatic heterocycles. The maximum Gasteiger partial charge on any atom is 0.302 e. The molecule has 1 saturated heterocycles. The molecule has 1 fully saturated rings. The standard InChI is InChI=1S/C10H11N3O5S/c1-10(8-9(14)12-19(17,18)11-8)5-3-2-4-7(6-10)13(15)16/h2-6,8,11H,1H3,(H,12,14). The molecule has 2 N–H and O–H groups in total. The van der Waals surface area contributed by atoms with Gasteiger partial charge < -0.3 is 0 Å². The van der Waals surface area contributed by atoms with Gasteiger partial charge in [-0.15, -0.1) is 0 Å². The molecule has 0 radical (unpaired) electrons. The first-order chi connectivity index (χ1) is 8.73. The third-order valence-electron chi connectivity index (χ3n) is 2.90. The molecule has 19 heavy (non-hydrogen) atoms. The van der Waals surface area contributed by atoms with Gasteiger partial charge in [-0.3, -0.25) is 14.9 Å². The second kappa shape index (κ2) is 4.28. The van der Waals surface area contributed by atoms with Gasteiger partial charge >= 0.3 is 10.2 Å². The van der Waals surface area contributed by atoms with E-state index in [0.717, 1.165) is 0 Å². The van der Waals surface area contributed by atoms with Gasteiger partial charge in [-0.1, -0.05) is 25.2 Å². The van der Waals surface area contributed by atoms with E-state index in [1.54, 1.807) is 4.72 Å². The van der Waals surface area contributed by atoms with Crippen molar-refractivity contribution in [2.75, 3.05) is 0 Å². The minimum absolute atomic E-state index is 0.202. The van der Waals surface area contributed by atoms with Gasteiger partial charge in [0.2, 0.25) is 0 Å². The number of rotatable bonds is 2. The van der Waals surface area contributed by atoms with Gasteiger partial charge in [-0.25, -0.2) is 4.72 Å². The molecule has 9 heteroatoms. The molecule has 1 aliphatic carbocycles. The lowest BCUT2D eigenvalue weighted by Crippen LogP contribution is -2.42. The summed E-state index contributed by atoms with van der Waals surface area (Å²) in [6, 6.07) is -1.12. The van der Waals surface area contributed by atoms with Crippen LogP contribution in [0.4, 0.5) is 0 Å². The van der Waals surface area contributed by atoms with Crippen molar-refractivity contribution in [1.82, 2.24) is 9.44 Å². The van der Waals surface area contributed by atoms with Gasteiger partial charge in [-0.2, -0.15) is 13.1 Å². The number of carbonyl (C=O) groups excluding carboxylic acids is 1. The molecule has 0 aromatic carbocycles. The van der Waals surface area contributed by atoms with E-state index in [9.17, 15) is 23.3 Å². The maximum absolute atomic E-state index is 11.7. The van der Waals surface area contributed by atoms with Crippen molar-refractivity contribution in [3.63, 3.8) is 0 Å². The minimum atomic E-state index is -3.88. The average Bonchev–Trinajstić information content (AvgIpc) is 2.48. The van der Waals surface area contributed by atoms with Gasteiger partial charge in [0.25, 0.3) is 11.6 Å². The number of nitrogens with zero attached hydrogens (tertiary/aromatic N) is 1. The Kier molecular flexibility index (Phi) is 3.03. The molecule has 2 aliphatic rings. The summed E-state index contributed by atoms with van der Waals surface area (Å²) < 4.78 is 26.5.